The van der Waals surface area contributed by atoms with Crippen LogP contribution in [0.25, 0.3) is 0 Å². The lowest BCUT2D eigenvalue weighted by atomic mass is 9.95. The second-order valence-electron chi connectivity index (χ2n) is 6.43. The van der Waals surface area contributed by atoms with Crippen LogP contribution in [-0.4, -0.2) is 23.8 Å². The number of hydrogen-bond donors (Lipinski definition) is 3. The van der Waals surface area contributed by atoms with E-state index in [2.05, 4.69) is 10.6 Å². The third-order valence-electron chi connectivity index (χ3n) is 3.61. The van der Waals surface area contributed by atoms with E-state index in [4.69, 9.17) is 0 Å². The molecular formula is C17H26F2N2O2. The summed E-state index contributed by atoms with van der Waals surface area (Å²) in [7, 11) is 0. The highest BCUT2D eigenvalue weighted by Gasteiger charge is 2.22. The quantitative estimate of drug-likeness (QED) is 0.719. The van der Waals surface area contributed by atoms with Crippen LogP contribution in [0.2, 0.25) is 0 Å². The second-order valence-corrected chi connectivity index (χ2v) is 6.43. The molecule has 0 fully saturated rings. The highest BCUT2D eigenvalue weighted by molar-refractivity contribution is 5.74. The molecule has 3 atom stereocenters. The minimum Gasteiger partial charge on any atom is -0.393 e. The fourth-order valence-corrected chi connectivity index (χ4v) is 2.48. The average Bonchev–Trinajstić information content (AvgIpc) is 2.42. The van der Waals surface area contributed by atoms with E-state index in [1.807, 2.05) is 20.8 Å². The first-order valence-corrected chi connectivity index (χ1v) is 7.88. The number of amides is 2. The Labute approximate surface area is 136 Å². The molecule has 0 aromatic heterocycles. The van der Waals surface area contributed by atoms with Gasteiger partial charge in [0, 0.05) is 18.2 Å². The number of carbonyl (C=O) groups is 1. The van der Waals surface area contributed by atoms with E-state index in [9.17, 15) is 18.7 Å². The molecule has 0 aliphatic rings. The van der Waals surface area contributed by atoms with Gasteiger partial charge in [-0.05, 0) is 31.2 Å². The van der Waals surface area contributed by atoms with Crippen LogP contribution in [0.4, 0.5) is 13.6 Å². The van der Waals surface area contributed by atoms with E-state index in [1.54, 1.807) is 6.92 Å². The van der Waals surface area contributed by atoms with E-state index >= 15 is 0 Å². The lowest BCUT2D eigenvalue weighted by Gasteiger charge is -2.24. The molecular weight excluding hydrogens is 302 g/mol. The maximum Gasteiger partial charge on any atom is 0.315 e. The van der Waals surface area contributed by atoms with Crippen molar-refractivity contribution in [2.75, 3.05) is 6.54 Å². The van der Waals surface area contributed by atoms with Crippen molar-refractivity contribution >= 4 is 6.03 Å². The summed E-state index contributed by atoms with van der Waals surface area (Å²) in [5.41, 5.74) is 0.258. The summed E-state index contributed by atoms with van der Waals surface area (Å²) >= 11 is 0. The zero-order valence-electron chi connectivity index (χ0n) is 14.1. The van der Waals surface area contributed by atoms with Gasteiger partial charge in [-0.25, -0.2) is 13.6 Å². The van der Waals surface area contributed by atoms with Gasteiger partial charge < -0.3 is 15.7 Å². The van der Waals surface area contributed by atoms with Crippen molar-refractivity contribution in [2.45, 2.75) is 46.3 Å². The van der Waals surface area contributed by atoms with Crippen LogP contribution in [0, 0.1) is 23.5 Å². The van der Waals surface area contributed by atoms with Gasteiger partial charge in [0.15, 0.2) is 0 Å². The van der Waals surface area contributed by atoms with Gasteiger partial charge in [-0.2, -0.15) is 0 Å². The predicted molar refractivity (Wildman–Crippen MR) is 85.9 cm³/mol. The molecule has 4 nitrogen and oxygen atoms in total. The van der Waals surface area contributed by atoms with E-state index in [0.717, 1.165) is 6.07 Å². The van der Waals surface area contributed by atoms with E-state index in [0.29, 0.717) is 13.0 Å². The Morgan fingerprint density at radius 3 is 2.39 bits per heavy atom. The number of urea groups is 1. The zero-order chi connectivity index (χ0) is 17.6. The second kappa shape index (κ2) is 8.82. The van der Waals surface area contributed by atoms with Crippen molar-refractivity contribution in [3.63, 3.8) is 0 Å². The van der Waals surface area contributed by atoms with Crippen molar-refractivity contribution in [1.29, 1.82) is 0 Å². The molecule has 0 aliphatic carbocycles. The third-order valence-corrected chi connectivity index (χ3v) is 3.61. The first-order chi connectivity index (χ1) is 10.7. The van der Waals surface area contributed by atoms with Gasteiger partial charge in [0.2, 0.25) is 0 Å². The molecule has 6 heteroatoms. The molecule has 0 radical (unpaired) electrons. The Morgan fingerprint density at radius 1 is 1.22 bits per heavy atom. The SMILES string of the molecule is CC(O)CC(C)CNC(=O)NC(c1ccc(F)cc1F)C(C)C. The number of halogens is 2. The van der Waals surface area contributed by atoms with Crippen LogP contribution < -0.4 is 10.6 Å². The normalized spacial score (nSPS) is 15.1. The average molecular weight is 328 g/mol. The molecule has 1 aromatic rings. The van der Waals surface area contributed by atoms with Crippen LogP contribution in [0.15, 0.2) is 18.2 Å². The van der Waals surface area contributed by atoms with Gasteiger partial charge in [-0.1, -0.05) is 26.8 Å². The van der Waals surface area contributed by atoms with E-state index in [-0.39, 0.29) is 17.4 Å². The van der Waals surface area contributed by atoms with Crippen molar-refractivity contribution < 1.29 is 18.7 Å². The number of nitrogens with one attached hydrogen (secondary N) is 2. The Bertz CT molecular complexity index is 521. The molecule has 3 unspecified atom stereocenters. The monoisotopic (exact) mass is 328 g/mol. The highest BCUT2D eigenvalue weighted by atomic mass is 19.1. The number of aliphatic hydroxyl groups is 1. The molecule has 0 saturated heterocycles. The summed E-state index contributed by atoms with van der Waals surface area (Å²) in [6.07, 6.45) is 0.159. The maximum atomic E-state index is 13.9. The summed E-state index contributed by atoms with van der Waals surface area (Å²) < 4.78 is 27.0. The highest BCUT2D eigenvalue weighted by Crippen LogP contribution is 2.24. The summed E-state index contributed by atoms with van der Waals surface area (Å²) in [4.78, 5) is 12.0. The van der Waals surface area contributed by atoms with Gasteiger partial charge in [0.25, 0.3) is 0 Å². The first kappa shape index (κ1) is 19.4. The number of hydrogen-bond acceptors (Lipinski definition) is 2. The molecule has 0 spiro atoms. The summed E-state index contributed by atoms with van der Waals surface area (Å²) in [5.74, 6) is -1.26. The Kier molecular flexibility index (Phi) is 7.42. The fraction of sp³-hybridized carbons (Fsp3) is 0.588. The van der Waals surface area contributed by atoms with Crippen LogP contribution in [0.3, 0.4) is 0 Å². The molecule has 0 aliphatic heterocycles. The van der Waals surface area contributed by atoms with Crippen LogP contribution >= 0.6 is 0 Å². The molecule has 3 N–H and O–H groups in total. The molecule has 0 bridgehead atoms. The van der Waals surface area contributed by atoms with Crippen molar-refractivity contribution in [2.24, 2.45) is 11.8 Å². The minimum absolute atomic E-state index is 0.0596. The van der Waals surface area contributed by atoms with Crippen molar-refractivity contribution in [1.82, 2.24) is 10.6 Å². The van der Waals surface area contributed by atoms with Crippen molar-refractivity contribution in [3.05, 3.63) is 35.4 Å². The number of aliphatic hydroxyl groups excluding tert-OH is 1. The number of benzene rings is 1. The standard InChI is InChI=1S/C17H26F2N2O2/c1-10(2)16(14-6-5-13(18)8-15(14)19)21-17(23)20-9-11(3)7-12(4)22/h5-6,8,10-12,16,22H,7,9H2,1-4H3,(H2,20,21,23). The third kappa shape index (κ3) is 6.52. The van der Waals surface area contributed by atoms with E-state index in [1.165, 1.54) is 12.1 Å². The van der Waals surface area contributed by atoms with Gasteiger partial charge >= 0.3 is 6.03 Å². The van der Waals surface area contributed by atoms with Crippen LogP contribution in [-0.2, 0) is 0 Å². The molecule has 1 rings (SSSR count). The Balaban J connectivity index is 2.67. The number of rotatable bonds is 7. The summed E-state index contributed by atoms with van der Waals surface area (Å²) in [5, 5.41) is 14.7. The zero-order valence-corrected chi connectivity index (χ0v) is 14.1. The Hall–Kier alpha value is -1.69. The maximum absolute atomic E-state index is 13.9. The van der Waals surface area contributed by atoms with Crippen LogP contribution in [0.5, 0.6) is 0 Å². The van der Waals surface area contributed by atoms with Gasteiger partial charge in [0.1, 0.15) is 11.6 Å². The van der Waals surface area contributed by atoms with Gasteiger partial charge in [-0.15, -0.1) is 0 Å². The largest absolute Gasteiger partial charge is 0.393 e. The lowest BCUT2D eigenvalue weighted by molar-refractivity contribution is 0.163. The van der Waals surface area contributed by atoms with Gasteiger partial charge in [0.05, 0.1) is 12.1 Å². The first-order valence-electron chi connectivity index (χ1n) is 7.88. The molecule has 130 valence electrons. The lowest BCUT2D eigenvalue weighted by Crippen LogP contribution is -2.41. The van der Waals surface area contributed by atoms with E-state index < -0.39 is 29.8 Å². The fourth-order valence-electron chi connectivity index (χ4n) is 2.48. The smallest absolute Gasteiger partial charge is 0.315 e. The molecule has 1 aromatic carbocycles. The molecule has 23 heavy (non-hydrogen) atoms. The molecule has 2 amide bonds. The number of carbonyl (C=O) groups excluding carboxylic acids is 1. The predicted octanol–water partition coefficient (Wildman–Crippen LogP) is 3.37. The summed E-state index contributed by atoms with van der Waals surface area (Å²) in [6, 6.07) is 2.38. The topological polar surface area (TPSA) is 61.4 Å². The summed E-state index contributed by atoms with van der Waals surface area (Å²) in [6.45, 7) is 7.73. The minimum atomic E-state index is -0.675. The van der Waals surface area contributed by atoms with Crippen molar-refractivity contribution in [3.8, 4) is 0 Å². The molecule has 0 heterocycles. The van der Waals surface area contributed by atoms with Crippen LogP contribution in [0.1, 0.15) is 45.7 Å². The Morgan fingerprint density at radius 2 is 1.87 bits per heavy atom. The van der Waals surface area contributed by atoms with Gasteiger partial charge in [-0.3, -0.25) is 0 Å². The molecule has 0 saturated carbocycles.